The molecule has 10 fully saturated rings. The predicted molar refractivity (Wildman–Crippen MR) is 325 cm³/mol. The second-order valence-corrected chi connectivity index (χ2v) is 30.0. The molecule has 9 unspecified atom stereocenters. The van der Waals surface area contributed by atoms with E-state index in [4.69, 9.17) is 47.4 Å². The Bertz CT molecular complexity index is 1970. The number of methoxy groups -OCH3 is 2. The minimum Gasteiger partial charge on any atom is -0.469 e. The molecule has 0 bridgehead atoms. The third kappa shape index (κ3) is 16.7. The van der Waals surface area contributed by atoms with Gasteiger partial charge in [0.15, 0.2) is 25.2 Å². The van der Waals surface area contributed by atoms with Crippen LogP contribution in [0.1, 0.15) is 232 Å². The molecule has 12 nitrogen and oxygen atoms in total. The van der Waals surface area contributed by atoms with Crippen molar-refractivity contribution >= 4 is 35.5 Å². The van der Waals surface area contributed by atoms with E-state index in [9.17, 15) is 9.59 Å². The lowest BCUT2D eigenvalue weighted by atomic mass is 9.61. The fourth-order valence-corrected chi connectivity index (χ4v) is 19.7. The first kappa shape index (κ1) is 63.8. The van der Waals surface area contributed by atoms with Gasteiger partial charge in [0.05, 0.1) is 38.6 Å². The van der Waals surface area contributed by atoms with E-state index in [1.807, 2.05) is 0 Å². The third-order valence-corrected chi connectivity index (χ3v) is 24.8. The van der Waals surface area contributed by atoms with Gasteiger partial charge < -0.3 is 47.4 Å². The van der Waals surface area contributed by atoms with Crippen LogP contribution in [0.25, 0.3) is 0 Å². The zero-order valence-electron chi connectivity index (χ0n) is 51.3. The molecular weight excluding hydrogens is 1070 g/mol. The number of esters is 2. The van der Waals surface area contributed by atoms with Crippen LogP contribution in [0.2, 0.25) is 0 Å². The first-order chi connectivity index (χ1) is 40.2. The van der Waals surface area contributed by atoms with E-state index in [-0.39, 0.29) is 78.3 Å². The molecule has 4 aliphatic carbocycles. The van der Waals surface area contributed by atoms with Crippen molar-refractivity contribution in [1.29, 1.82) is 0 Å². The summed E-state index contributed by atoms with van der Waals surface area (Å²) >= 11 is 4.39. The maximum absolute atomic E-state index is 12.4. The maximum atomic E-state index is 12.4. The zero-order chi connectivity index (χ0) is 56.7. The molecule has 0 aromatic heterocycles. The average Bonchev–Trinajstić information content (AvgIpc) is 4.55. The minimum absolute atomic E-state index is 0.00267. The summed E-state index contributed by atoms with van der Waals surface area (Å²) in [6.45, 7) is 7.77. The van der Waals surface area contributed by atoms with Crippen LogP contribution >= 0.6 is 23.5 Å². The Morgan fingerprint density at radius 2 is 1.16 bits per heavy atom. The van der Waals surface area contributed by atoms with Crippen LogP contribution in [0.5, 0.6) is 0 Å². The molecular formula is C68H110O12S2. The summed E-state index contributed by atoms with van der Waals surface area (Å²) in [5, 5.41) is 1.96. The van der Waals surface area contributed by atoms with Crippen LogP contribution in [-0.4, -0.2) is 123 Å². The average molecular weight is 1180 g/mol. The highest BCUT2D eigenvalue weighted by atomic mass is 32.2. The number of carbonyl (C=O) groups excluding carboxylic acids is 2. The summed E-state index contributed by atoms with van der Waals surface area (Å²) < 4.78 is 65.9. The lowest BCUT2D eigenvalue weighted by Crippen LogP contribution is -2.49. The van der Waals surface area contributed by atoms with Gasteiger partial charge in [0.2, 0.25) is 0 Å². The van der Waals surface area contributed by atoms with Crippen molar-refractivity contribution in [2.24, 2.45) is 46.3 Å². The lowest BCUT2D eigenvalue weighted by molar-refractivity contribution is -0.224. The zero-order valence-corrected chi connectivity index (χ0v) is 52.9. The van der Waals surface area contributed by atoms with Crippen molar-refractivity contribution in [3.8, 4) is 0 Å². The first-order valence-corrected chi connectivity index (χ1v) is 36.0. The van der Waals surface area contributed by atoms with E-state index >= 15 is 0 Å². The molecule has 0 radical (unpaired) electrons. The quantitative estimate of drug-likeness (QED) is 0.0268. The van der Waals surface area contributed by atoms with Crippen molar-refractivity contribution in [3.63, 3.8) is 0 Å². The molecule has 0 aromatic carbocycles. The van der Waals surface area contributed by atoms with Crippen LogP contribution in [0.3, 0.4) is 0 Å². The van der Waals surface area contributed by atoms with Gasteiger partial charge in [-0.2, -0.15) is 11.8 Å². The standard InChI is InChI=1S/C68H110O12S2/c1-5-7-34-67(36-22-37-67)56(79-61-30-15-19-42-75-61)33-32-48-47(24-11-9-10-12-26-57(69)71-3)49(44-52(48)77-59-28-13-17-40-73-59)50-45-53(78-60-29-14-18-41-74-60)63(51(50)46-55-54(81-55)25-21-27-58(70)72-4)64-65(82-64)66(80-62-31-16-20-43-76-62)68(35-8-6-2)38-23-39-68/h9,11,32-33,47-56,59-66H,5-8,10,12-31,34-46H2,1-4H3/t47-,48-,49?,50?,51+,52+,53-,54?,55?,56-,59?,60?,61?,62?,63-,64+,65?,66-/m1/s1. The summed E-state index contributed by atoms with van der Waals surface area (Å²) in [5.41, 5.74) is 0.340. The SMILES string of the molecule is CCCCC1([C@H](OC2CCCCO2)C2S[C@H]2[C@H]2[C@H](OC3CCCCO3)CC(C3C[C@H](OC4CCCCO4)[C@H](C=C[C@@H](OC4CCCCO4)C4(CCCC)CCC4)[C@H]3CC=CCCCC(=O)OC)[C@@H]2CC2SC2CCCC(=O)OC)CCC1. The first-order valence-electron chi connectivity index (χ1n) is 34.1. The Kier molecular flexibility index (Phi) is 24.8. The second-order valence-electron chi connectivity index (χ2n) is 27.1. The molecule has 0 amide bonds. The fourth-order valence-electron chi connectivity index (χ4n) is 16.8. The van der Waals surface area contributed by atoms with Gasteiger partial charge in [-0.15, -0.1) is 11.8 Å². The van der Waals surface area contributed by atoms with Crippen LogP contribution in [-0.2, 0) is 57.0 Å². The fraction of sp³-hybridized carbons (Fsp3) is 0.912. The molecule has 0 N–H and O–H groups in total. The van der Waals surface area contributed by atoms with Crippen LogP contribution in [0, 0.1) is 46.3 Å². The number of hydrogen-bond acceptors (Lipinski definition) is 14. The molecule has 82 heavy (non-hydrogen) atoms. The Hall–Kier alpha value is -1.20. The van der Waals surface area contributed by atoms with Crippen LogP contribution < -0.4 is 0 Å². The van der Waals surface area contributed by atoms with Crippen LogP contribution in [0.15, 0.2) is 24.3 Å². The molecule has 18 atom stereocenters. The molecule has 466 valence electrons. The number of rotatable bonds is 33. The summed E-state index contributed by atoms with van der Waals surface area (Å²) in [6.07, 6.45) is 45.7. The van der Waals surface area contributed by atoms with Gasteiger partial charge in [-0.25, -0.2) is 0 Å². The Labute approximate surface area is 503 Å². The van der Waals surface area contributed by atoms with Gasteiger partial charge in [0.25, 0.3) is 0 Å². The van der Waals surface area contributed by atoms with Gasteiger partial charge in [0.1, 0.15) is 0 Å². The second kappa shape index (κ2) is 31.8. The highest BCUT2D eigenvalue weighted by Crippen LogP contribution is 2.67. The maximum Gasteiger partial charge on any atom is 0.305 e. The number of carbonyl (C=O) groups is 2. The van der Waals surface area contributed by atoms with Gasteiger partial charge in [-0.1, -0.05) is 76.7 Å². The topological polar surface area (TPSA) is 126 Å². The third-order valence-electron chi connectivity index (χ3n) is 21.9. The van der Waals surface area contributed by atoms with E-state index < -0.39 is 0 Å². The molecule has 10 aliphatic rings. The number of thioether (sulfide) groups is 2. The highest BCUT2D eigenvalue weighted by Gasteiger charge is 2.65. The summed E-state index contributed by atoms with van der Waals surface area (Å²) in [6, 6.07) is 0. The van der Waals surface area contributed by atoms with Gasteiger partial charge in [0, 0.05) is 77.5 Å². The summed E-state index contributed by atoms with van der Waals surface area (Å²) in [4.78, 5) is 24.6. The summed E-state index contributed by atoms with van der Waals surface area (Å²) in [7, 11) is 3.00. The minimum atomic E-state index is -0.200. The summed E-state index contributed by atoms with van der Waals surface area (Å²) in [5.74, 6) is 1.82. The van der Waals surface area contributed by atoms with Gasteiger partial charge in [-0.3, -0.25) is 9.59 Å². The van der Waals surface area contributed by atoms with Crippen molar-refractivity contribution in [1.82, 2.24) is 0 Å². The normalized spacial score (nSPS) is 37.8. The molecule has 0 spiro atoms. The molecule has 0 aromatic rings. The van der Waals surface area contributed by atoms with Gasteiger partial charge in [-0.05, 0) is 196 Å². The van der Waals surface area contributed by atoms with E-state index in [0.29, 0.717) is 63.4 Å². The van der Waals surface area contributed by atoms with Crippen LogP contribution in [0.4, 0.5) is 0 Å². The molecule has 4 saturated carbocycles. The monoisotopic (exact) mass is 1180 g/mol. The Morgan fingerprint density at radius 3 is 1.73 bits per heavy atom. The van der Waals surface area contributed by atoms with E-state index in [2.05, 4.69) is 61.7 Å². The number of allylic oxidation sites excluding steroid dienone is 2. The Balaban J connectivity index is 1.02. The van der Waals surface area contributed by atoms with E-state index in [1.165, 1.54) is 97.7 Å². The van der Waals surface area contributed by atoms with Crippen molar-refractivity contribution in [2.45, 2.75) is 303 Å². The van der Waals surface area contributed by atoms with Crippen molar-refractivity contribution in [2.75, 3.05) is 40.6 Å². The predicted octanol–water partition coefficient (Wildman–Crippen LogP) is 15.4. The number of hydrogen-bond donors (Lipinski definition) is 0. The molecule has 6 heterocycles. The molecule has 10 rings (SSSR count). The lowest BCUT2D eigenvalue weighted by Gasteiger charge is -2.49. The van der Waals surface area contributed by atoms with Gasteiger partial charge >= 0.3 is 11.9 Å². The molecule has 14 heteroatoms. The van der Waals surface area contributed by atoms with Crippen molar-refractivity contribution in [3.05, 3.63) is 24.3 Å². The molecule has 6 aliphatic heterocycles. The number of ether oxygens (including phenoxy) is 10. The molecule has 6 saturated heterocycles. The largest absolute Gasteiger partial charge is 0.469 e. The van der Waals surface area contributed by atoms with E-state index in [0.717, 1.165) is 148 Å². The number of unbranched alkanes of at least 4 members (excludes halogenated alkanes) is 3. The van der Waals surface area contributed by atoms with E-state index in [1.54, 1.807) is 0 Å². The Morgan fingerprint density at radius 1 is 0.598 bits per heavy atom. The highest BCUT2D eigenvalue weighted by molar-refractivity contribution is 8.08. The smallest absolute Gasteiger partial charge is 0.305 e. The van der Waals surface area contributed by atoms with Crippen molar-refractivity contribution < 1.29 is 57.0 Å².